The highest BCUT2D eigenvalue weighted by Crippen LogP contribution is 2.40. The number of amides is 1. The van der Waals surface area contributed by atoms with Gasteiger partial charge in [-0.2, -0.15) is 0 Å². The molecule has 0 bridgehead atoms. The Bertz CT molecular complexity index is 412. The van der Waals surface area contributed by atoms with E-state index in [2.05, 4.69) is 48.7 Å². The van der Waals surface area contributed by atoms with E-state index in [-0.39, 0.29) is 5.91 Å². The van der Waals surface area contributed by atoms with Gasteiger partial charge in [0.05, 0.1) is 0 Å². The molecule has 1 aliphatic rings. The van der Waals surface area contributed by atoms with E-state index in [0.29, 0.717) is 18.4 Å². The topological polar surface area (TPSA) is 41.1 Å². The minimum Gasteiger partial charge on any atom is -0.356 e. The summed E-state index contributed by atoms with van der Waals surface area (Å²) in [6, 6.07) is 11.0. The zero-order chi connectivity index (χ0) is 14.4. The van der Waals surface area contributed by atoms with Crippen LogP contribution in [0.5, 0.6) is 0 Å². The van der Waals surface area contributed by atoms with Crippen LogP contribution in [0, 0.1) is 11.8 Å². The van der Waals surface area contributed by atoms with E-state index in [0.717, 1.165) is 19.0 Å². The van der Waals surface area contributed by atoms with Crippen LogP contribution in [-0.4, -0.2) is 19.0 Å². The molecule has 1 aromatic rings. The van der Waals surface area contributed by atoms with Gasteiger partial charge in [0.25, 0.3) is 0 Å². The number of benzene rings is 1. The third-order valence-electron chi connectivity index (χ3n) is 3.68. The van der Waals surface area contributed by atoms with Gasteiger partial charge in [-0.1, -0.05) is 44.2 Å². The first-order chi connectivity index (χ1) is 9.66. The Kier molecular flexibility index (Phi) is 5.60. The second kappa shape index (κ2) is 7.44. The van der Waals surface area contributed by atoms with E-state index >= 15 is 0 Å². The maximum atomic E-state index is 11.7. The van der Waals surface area contributed by atoms with Gasteiger partial charge in [0, 0.05) is 25.6 Å². The van der Waals surface area contributed by atoms with Crippen LogP contribution in [0.4, 0.5) is 0 Å². The molecule has 0 aliphatic heterocycles. The molecule has 110 valence electrons. The van der Waals surface area contributed by atoms with Gasteiger partial charge in [0.1, 0.15) is 0 Å². The van der Waals surface area contributed by atoms with Gasteiger partial charge in [-0.05, 0) is 30.2 Å². The van der Waals surface area contributed by atoms with Crippen molar-refractivity contribution >= 4 is 5.91 Å². The van der Waals surface area contributed by atoms with Crippen molar-refractivity contribution in [3.05, 3.63) is 35.9 Å². The molecule has 0 saturated heterocycles. The maximum Gasteiger partial charge on any atom is 0.221 e. The van der Waals surface area contributed by atoms with Crippen molar-refractivity contribution in [2.24, 2.45) is 11.8 Å². The monoisotopic (exact) mass is 274 g/mol. The fourth-order valence-electron chi connectivity index (χ4n) is 2.39. The van der Waals surface area contributed by atoms with Gasteiger partial charge in [0.15, 0.2) is 0 Å². The number of carbonyl (C=O) groups excluding carboxylic acids is 1. The summed E-state index contributed by atoms with van der Waals surface area (Å²) in [6.07, 6.45) is 3.15. The van der Waals surface area contributed by atoms with Crippen molar-refractivity contribution in [2.45, 2.75) is 39.2 Å². The Morgan fingerprint density at radius 1 is 1.25 bits per heavy atom. The quantitative estimate of drug-likeness (QED) is 0.765. The Balaban J connectivity index is 1.75. The number of rotatable bonds is 8. The van der Waals surface area contributed by atoms with Gasteiger partial charge in [-0.3, -0.25) is 4.79 Å². The van der Waals surface area contributed by atoms with Crippen LogP contribution in [0.3, 0.4) is 0 Å². The van der Waals surface area contributed by atoms with Crippen LogP contribution in [0.25, 0.3) is 0 Å². The van der Waals surface area contributed by atoms with Crippen LogP contribution in [0.1, 0.15) is 44.7 Å². The lowest BCUT2D eigenvalue weighted by molar-refractivity contribution is -0.121. The predicted octanol–water partition coefficient (Wildman–Crippen LogP) is 2.89. The van der Waals surface area contributed by atoms with Crippen LogP contribution in [0.2, 0.25) is 0 Å². The average Bonchev–Trinajstić information content (AvgIpc) is 3.27. The Morgan fingerprint density at radius 3 is 2.55 bits per heavy atom. The molecule has 3 nitrogen and oxygen atoms in total. The minimum atomic E-state index is 0.147. The molecule has 1 amide bonds. The molecule has 1 aliphatic carbocycles. The zero-order valence-electron chi connectivity index (χ0n) is 12.6. The first-order valence-electron chi connectivity index (χ1n) is 7.72. The summed E-state index contributed by atoms with van der Waals surface area (Å²) >= 11 is 0. The molecule has 2 rings (SSSR count). The van der Waals surface area contributed by atoms with Crippen molar-refractivity contribution in [3.63, 3.8) is 0 Å². The third-order valence-corrected chi connectivity index (χ3v) is 3.68. The number of nitrogens with one attached hydrogen (secondary N) is 2. The number of hydrogen-bond donors (Lipinski definition) is 2. The summed E-state index contributed by atoms with van der Waals surface area (Å²) < 4.78 is 0. The highest BCUT2D eigenvalue weighted by atomic mass is 16.1. The number of carbonyl (C=O) groups is 1. The van der Waals surface area contributed by atoms with Crippen LogP contribution in [-0.2, 0) is 4.79 Å². The molecule has 1 fully saturated rings. The van der Waals surface area contributed by atoms with Gasteiger partial charge < -0.3 is 10.6 Å². The fraction of sp³-hybridized carbons (Fsp3) is 0.588. The average molecular weight is 274 g/mol. The Hall–Kier alpha value is -1.35. The van der Waals surface area contributed by atoms with Gasteiger partial charge >= 0.3 is 0 Å². The minimum absolute atomic E-state index is 0.147. The lowest BCUT2D eigenvalue weighted by atomic mass is 10.0. The molecule has 0 aromatic heterocycles. The fourth-order valence-corrected chi connectivity index (χ4v) is 2.39. The van der Waals surface area contributed by atoms with E-state index < -0.39 is 0 Å². The highest BCUT2D eigenvalue weighted by molar-refractivity contribution is 5.76. The smallest absolute Gasteiger partial charge is 0.221 e. The van der Waals surface area contributed by atoms with Crippen molar-refractivity contribution < 1.29 is 4.79 Å². The standard InChI is InChI=1S/C17H26N2O/c1-13(2)12-19-16(20)10-11-18-17(15-8-9-15)14-6-4-3-5-7-14/h3-7,13,15,17-18H,8-12H2,1-2H3,(H,19,20). The molecule has 2 N–H and O–H groups in total. The Labute approximate surface area is 122 Å². The highest BCUT2D eigenvalue weighted by Gasteiger charge is 2.31. The van der Waals surface area contributed by atoms with E-state index in [1.54, 1.807) is 0 Å². The van der Waals surface area contributed by atoms with E-state index in [1.165, 1.54) is 18.4 Å². The van der Waals surface area contributed by atoms with Crippen molar-refractivity contribution in [3.8, 4) is 0 Å². The largest absolute Gasteiger partial charge is 0.356 e. The van der Waals surface area contributed by atoms with E-state index in [4.69, 9.17) is 0 Å². The molecular weight excluding hydrogens is 248 g/mol. The first-order valence-corrected chi connectivity index (χ1v) is 7.72. The van der Waals surface area contributed by atoms with Crippen molar-refractivity contribution in [1.29, 1.82) is 0 Å². The number of hydrogen-bond acceptors (Lipinski definition) is 2. The lowest BCUT2D eigenvalue weighted by Gasteiger charge is -2.18. The molecule has 1 aromatic carbocycles. The normalized spacial score (nSPS) is 16.1. The van der Waals surface area contributed by atoms with Crippen LogP contribution in [0.15, 0.2) is 30.3 Å². The molecule has 1 unspecified atom stereocenters. The molecule has 3 heteroatoms. The summed E-state index contributed by atoms with van der Waals surface area (Å²) in [5.41, 5.74) is 1.34. The summed E-state index contributed by atoms with van der Waals surface area (Å²) in [4.78, 5) is 11.7. The van der Waals surface area contributed by atoms with Crippen molar-refractivity contribution in [1.82, 2.24) is 10.6 Å². The predicted molar refractivity (Wildman–Crippen MR) is 82.4 cm³/mol. The molecule has 0 heterocycles. The van der Waals surface area contributed by atoms with Gasteiger partial charge in [0.2, 0.25) is 5.91 Å². The van der Waals surface area contributed by atoms with Crippen LogP contribution < -0.4 is 10.6 Å². The second-order valence-electron chi connectivity index (χ2n) is 6.13. The van der Waals surface area contributed by atoms with Crippen LogP contribution >= 0.6 is 0 Å². The SMILES string of the molecule is CC(C)CNC(=O)CCNC(c1ccccc1)C1CC1. The molecule has 0 spiro atoms. The van der Waals surface area contributed by atoms with Crippen molar-refractivity contribution in [2.75, 3.05) is 13.1 Å². The zero-order valence-corrected chi connectivity index (χ0v) is 12.6. The molecule has 0 radical (unpaired) electrons. The molecule has 1 saturated carbocycles. The summed E-state index contributed by atoms with van der Waals surface area (Å²) in [6.45, 7) is 5.73. The second-order valence-corrected chi connectivity index (χ2v) is 6.13. The lowest BCUT2D eigenvalue weighted by Crippen LogP contribution is -2.32. The maximum absolute atomic E-state index is 11.7. The summed E-state index contributed by atoms with van der Waals surface area (Å²) in [5, 5.41) is 6.52. The molecule has 1 atom stereocenters. The van der Waals surface area contributed by atoms with E-state index in [1.807, 2.05) is 6.07 Å². The molecular formula is C17H26N2O. The first kappa shape index (κ1) is 15.0. The molecule has 20 heavy (non-hydrogen) atoms. The Morgan fingerprint density at radius 2 is 1.95 bits per heavy atom. The van der Waals surface area contributed by atoms with Gasteiger partial charge in [-0.15, -0.1) is 0 Å². The summed E-state index contributed by atoms with van der Waals surface area (Å²) in [7, 11) is 0. The van der Waals surface area contributed by atoms with E-state index in [9.17, 15) is 4.79 Å². The van der Waals surface area contributed by atoms with Gasteiger partial charge in [-0.25, -0.2) is 0 Å². The third kappa shape index (κ3) is 4.97. The summed E-state index contributed by atoms with van der Waals surface area (Å²) in [5.74, 6) is 1.40.